The SMILES string of the molecule is O=C1N(C23CC4CC(C2)C(O)C(C4)C3)CC[C@@]12CCCN(c1ncccc1F)C2. The van der Waals surface area contributed by atoms with Crippen molar-refractivity contribution in [3.8, 4) is 0 Å². The van der Waals surface area contributed by atoms with Gasteiger partial charge in [-0.3, -0.25) is 4.79 Å². The molecule has 1 spiro atoms. The minimum atomic E-state index is -0.399. The molecular formula is C23H30FN3O2. The fourth-order valence-corrected chi connectivity index (χ4v) is 7.86. The molecule has 1 aromatic heterocycles. The van der Waals surface area contributed by atoms with E-state index in [-0.39, 0.29) is 23.4 Å². The number of likely N-dealkylation sites (tertiary alicyclic amines) is 1. The maximum absolute atomic E-state index is 14.3. The molecule has 3 heterocycles. The maximum Gasteiger partial charge on any atom is 0.231 e. The van der Waals surface area contributed by atoms with Gasteiger partial charge >= 0.3 is 0 Å². The Hall–Kier alpha value is -1.69. The van der Waals surface area contributed by atoms with Gasteiger partial charge < -0.3 is 14.9 Å². The average Bonchev–Trinajstić information content (AvgIpc) is 3.02. The molecule has 1 aromatic rings. The van der Waals surface area contributed by atoms with E-state index < -0.39 is 5.41 Å². The van der Waals surface area contributed by atoms with Crippen LogP contribution in [0.2, 0.25) is 0 Å². The highest BCUT2D eigenvalue weighted by molar-refractivity contribution is 5.86. The van der Waals surface area contributed by atoms with Crippen molar-refractivity contribution in [1.82, 2.24) is 9.88 Å². The molecule has 3 atom stereocenters. The highest BCUT2D eigenvalue weighted by Gasteiger charge is 2.62. The number of aliphatic hydroxyl groups is 1. The third kappa shape index (κ3) is 2.54. The largest absolute Gasteiger partial charge is 0.393 e. The van der Waals surface area contributed by atoms with Gasteiger partial charge in [0.15, 0.2) is 11.6 Å². The van der Waals surface area contributed by atoms with E-state index >= 15 is 0 Å². The zero-order chi connectivity index (χ0) is 19.8. The number of pyridine rings is 1. The lowest BCUT2D eigenvalue weighted by atomic mass is 9.51. The van der Waals surface area contributed by atoms with E-state index in [9.17, 15) is 14.3 Å². The smallest absolute Gasteiger partial charge is 0.231 e. The zero-order valence-electron chi connectivity index (χ0n) is 16.9. The molecule has 4 aliphatic carbocycles. The van der Waals surface area contributed by atoms with Gasteiger partial charge in [-0.1, -0.05) is 0 Å². The van der Waals surface area contributed by atoms with Crippen LogP contribution in [-0.2, 0) is 4.79 Å². The molecule has 1 N–H and O–H groups in total. The highest BCUT2D eigenvalue weighted by atomic mass is 19.1. The molecule has 0 aromatic carbocycles. The van der Waals surface area contributed by atoms with Crippen molar-refractivity contribution in [3.05, 3.63) is 24.1 Å². The molecule has 6 heteroatoms. The molecular weight excluding hydrogens is 369 g/mol. The monoisotopic (exact) mass is 399 g/mol. The van der Waals surface area contributed by atoms with Gasteiger partial charge in [0.05, 0.1) is 11.5 Å². The van der Waals surface area contributed by atoms with Crippen molar-refractivity contribution in [1.29, 1.82) is 0 Å². The van der Waals surface area contributed by atoms with Crippen LogP contribution >= 0.6 is 0 Å². The Kier molecular flexibility index (Phi) is 3.85. The molecule has 1 amide bonds. The lowest BCUT2D eigenvalue weighted by Gasteiger charge is -2.61. The van der Waals surface area contributed by atoms with Gasteiger partial charge in [0.2, 0.25) is 5.91 Å². The number of anilines is 1. The van der Waals surface area contributed by atoms with Crippen molar-refractivity contribution in [2.45, 2.75) is 63.0 Å². The molecule has 156 valence electrons. The quantitative estimate of drug-likeness (QED) is 0.831. The summed E-state index contributed by atoms with van der Waals surface area (Å²) in [6.45, 7) is 2.15. The van der Waals surface area contributed by atoms with Crippen LogP contribution in [0.1, 0.15) is 51.4 Å². The first-order valence-corrected chi connectivity index (χ1v) is 11.4. The Balaban J connectivity index is 1.27. The summed E-state index contributed by atoms with van der Waals surface area (Å²) >= 11 is 0. The van der Waals surface area contributed by atoms with Gasteiger partial charge in [0, 0.05) is 31.4 Å². The Labute approximate surface area is 171 Å². The van der Waals surface area contributed by atoms with Crippen molar-refractivity contribution in [2.24, 2.45) is 23.2 Å². The lowest BCUT2D eigenvalue weighted by Crippen LogP contribution is -2.65. The van der Waals surface area contributed by atoms with Crippen molar-refractivity contribution >= 4 is 11.7 Å². The Bertz CT molecular complexity index is 831. The van der Waals surface area contributed by atoms with Gasteiger partial charge in [-0.25, -0.2) is 9.37 Å². The van der Waals surface area contributed by atoms with E-state index in [1.165, 1.54) is 6.07 Å². The molecule has 7 rings (SSSR count). The molecule has 4 bridgehead atoms. The van der Waals surface area contributed by atoms with E-state index in [0.29, 0.717) is 30.1 Å². The van der Waals surface area contributed by atoms with Crippen LogP contribution in [0.5, 0.6) is 0 Å². The summed E-state index contributed by atoms with van der Waals surface area (Å²) in [5, 5.41) is 10.6. The first kappa shape index (κ1) is 18.1. The topological polar surface area (TPSA) is 56.7 Å². The summed E-state index contributed by atoms with van der Waals surface area (Å²) in [5.41, 5.74) is -0.432. The molecule has 29 heavy (non-hydrogen) atoms. The number of rotatable bonds is 2. The number of piperidine rings is 1. The third-order valence-corrected chi connectivity index (χ3v) is 8.89. The fraction of sp³-hybridized carbons (Fsp3) is 0.739. The second kappa shape index (κ2) is 6.16. The number of aliphatic hydroxyl groups excluding tert-OH is 1. The van der Waals surface area contributed by atoms with Gasteiger partial charge in [0.1, 0.15) is 0 Å². The molecule has 2 unspecified atom stereocenters. The van der Waals surface area contributed by atoms with Crippen LogP contribution < -0.4 is 4.90 Å². The first-order chi connectivity index (χ1) is 14.0. The van der Waals surface area contributed by atoms with Crippen molar-refractivity contribution in [2.75, 3.05) is 24.5 Å². The highest BCUT2D eigenvalue weighted by Crippen LogP contribution is 2.59. The van der Waals surface area contributed by atoms with E-state index in [4.69, 9.17) is 0 Å². The molecule has 4 saturated carbocycles. The minimum Gasteiger partial charge on any atom is -0.393 e. The maximum atomic E-state index is 14.3. The number of halogens is 1. The Morgan fingerprint density at radius 2 is 1.93 bits per heavy atom. The Morgan fingerprint density at radius 1 is 1.14 bits per heavy atom. The summed E-state index contributed by atoms with van der Waals surface area (Å²) in [5.74, 6) is 1.78. The predicted molar refractivity (Wildman–Crippen MR) is 107 cm³/mol. The predicted octanol–water partition coefficient (Wildman–Crippen LogP) is 2.98. The van der Waals surface area contributed by atoms with Crippen LogP contribution in [0.25, 0.3) is 0 Å². The normalized spacial score (nSPS) is 43.6. The zero-order valence-corrected chi connectivity index (χ0v) is 16.9. The summed E-state index contributed by atoms with van der Waals surface area (Å²) in [6, 6.07) is 3.07. The average molecular weight is 400 g/mol. The summed E-state index contributed by atoms with van der Waals surface area (Å²) in [6.07, 6.45) is 9.46. The van der Waals surface area contributed by atoms with Crippen LogP contribution in [0.4, 0.5) is 10.2 Å². The lowest BCUT2D eigenvalue weighted by molar-refractivity contribution is -0.167. The molecule has 2 aliphatic heterocycles. The van der Waals surface area contributed by atoms with Crippen LogP contribution in [0.3, 0.4) is 0 Å². The molecule has 6 fully saturated rings. The number of hydrogen-bond donors (Lipinski definition) is 1. The first-order valence-electron chi connectivity index (χ1n) is 11.4. The third-order valence-electron chi connectivity index (χ3n) is 8.89. The minimum absolute atomic E-state index is 0.0329. The molecule has 2 saturated heterocycles. The number of nitrogens with zero attached hydrogens (tertiary/aromatic N) is 3. The van der Waals surface area contributed by atoms with Gasteiger partial charge in [-0.2, -0.15) is 0 Å². The standard InChI is InChI=1S/C23H30FN3O2/c24-18-3-1-6-25-20(18)26-7-2-4-22(14-26)5-8-27(21(22)29)23-11-15-9-16(12-23)19(28)17(10-15)13-23/h1,3,6,15-17,19,28H,2,4-5,7-14H2/t15?,16?,17?,19?,22-,23?/m1/s1. The van der Waals surface area contributed by atoms with Gasteiger partial charge in [-0.15, -0.1) is 0 Å². The number of amides is 1. The van der Waals surface area contributed by atoms with Crippen LogP contribution in [0.15, 0.2) is 18.3 Å². The summed E-state index contributed by atoms with van der Waals surface area (Å²) < 4.78 is 14.3. The molecule has 6 aliphatic rings. The van der Waals surface area contributed by atoms with Crippen LogP contribution in [-0.4, -0.2) is 52.2 Å². The number of carbonyl (C=O) groups is 1. The second-order valence-electron chi connectivity index (χ2n) is 10.5. The number of aromatic nitrogens is 1. The number of carbonyl (C=O) groups excluding carboxylic acids is 1. The van der Waals surface area contributed by atoms with Gasteiger partial charge in [-0.05, 0) is 81.3 Å². The second-order valence-corrected chi connectivity index (χ2v) is 10.5. The van der Waals surface area contributed by atoms with Crippen molar-refractivity contribution < 1.29 is 14.3 Å². The van der Waals surface area contributed by atoms with Crippen molar-refractivity contribution in [3.63, 3.8) is 0 Å². The fourth-order valence-electron chi connectivity index (χ4n) is 7.86. The van der Waals surface area contributed by atoms with E-state index in [1.807, 2.05) is 4.90 Å². The van der Waals surface area contributed by atoms with Gasteiger partial charge in [0.25, 0.3) is 0 Å². The molecule has 0 radical (unpaired) electrons. The van der Waals surface area contributed by atoms with E-state index in [0.717, 1.165) is 64.5 Å². The van der Waals surface area contributed by atoms with Crippen LogP contribution in [0, 0.1) is 29.0 Å². The summed E-state index contributed by atoms with van der Waals surface area (Å²) in [4.78, 5) is 22.3. The Morgan fingerprint density at radius 3 is 2.69 bits per heavy atom. The van der Waals surface area contributed by atoms with E-state index in [2.05, 4.69) is 9.88 Å². The molecule has 5 nitrogen and oxygen atoms in total. The number of hydrogen-bond acceptors (Lipinski definition) is 4. The summed E-state index contributed by atoms with van der Waals surface area (Å²) in [7, 11) is 0. The van der Waals surface area contributed by atoms with E-state index in [1.54, 1.807) is 12.3 Å².